The van der Waals surface area contributed by atoms with E-state index in [0.29, 0.717) is 35.2 Å². The summed E-state index contributed by atoms with van der Waals surface area (Å²) in [7, 11) is 0. The summed E-state index contributed by atoms with van der Waals surface area (Å²) in [6.45, 7) is 0. The minimum atomic E-state index is 0.590. The minimum Gasteiger partial charge on any atom is -0.309 e. The van der Waals surface area contributed by atoms with Gasteiger partial charge in [0.1, 0.15) is 0 Å². The molecule has 6 aromatic heterocycles. The predicted octanol–water partition coefficient (Wildman–Crippen LogP) is 22.1. The van der Waals surface area contributed by atoms with Crippen molar-refractivity contribution >= 4 is 87.2 Å². The Labute approximate surface area is 575 Å². The number of para-hydroxylation sites is 6. The Bertz CT molecular complexity index is 5990. The van der Waals surface area contributed by atoms with E-state index in [0.717, 1.165) is 88.4 Å². The Balaban J connectivity index is 0.000000139. The Morgan fingerprint density at radius 3 is 0.630 bits per heavy atom. The molecule has 10 heteroatoms. The SMILES string of the molecule is c1ccc(-c2nc(-c3ccccc3)nc(-n3c4ccccc4c4cc(-c5ccc6c(c5)c5ccccc5n6-c5ccccc5)ccc43)n2)cc1.c1ccc(-c2nc(-c3ccccc3)nc(-n3c4ccccc4c4cc(-c5ccc6c(c5)c5ccccc5n6-c5ccccc5)ccc43)n2)cc1. The lowest BCUT2D eigenvalue weighted by Crippen LogP contribution is -2.06. The van der Waals surface area contributed by atoms with Gasteiger partial charge in [-0.3, -0.25) is 9.13 Å². The molecule has 0 saturated heterocycles. The van der Waals surface area contributed by atoms with E-state index in [1.165, 1.54) is 54.7 Å². The average molecular weight is 1280 g/mol. The Kier molecular flexibility index (Phi) is 14.0. The van der Waals surface area contributed by atoms with Crippen molar-refractivity contribution in [3.05, 3.63) is 352 Å². The van der Waals surface area contributed by atoms with Crippen molar-refractivity contribution in [3.63, 3.8) is 0 Å². The monoisotopic (exact) mass is 1280 g/mol. The van der Waals surface area contributed by atoms with Crippen LogP contribution in [-0.2, 0) is 0 Å². The van der Waals surface area contributed by atoms with Gasteiger partial charge < -0.3 is 9.13 Å². The molecule has 0 unspecified atom stereocenters. The zero-order valence-electron chi connectivity index (χ0n) is 54.0. The van der Waals surface area contributed by atoms with E-state index in [9.17, 15) is 0 Å². The van der Waals surface area contributed by atoms with Crippen molar-refractivity contribution in [3.8, 4) is 91.1 Å². The van der Waals surface area contributed by atoms with Gasteiger partial charge in [0, 0.05) is 76.7 Å². The number of hydrogen-bond donors (Lipinski definition) is 0. The minimum absolute atomic E-state index is 0.590. The zero-order chi connectivity index (χ0) is 66.0. The highest BCUT2D eigenvalue weighted by Gasteiger charge is 2.23. The maximum absolute atomic E-state index is 5.08. The summed E-state index contributed by atoms with van der Waals surface area (Å²) in [6, 6.07) is 123. The second kappa shape index (κ2) is 24.2. The van der Waals surface area contributed by atoms with Gasteiger partial charge in [0.05, 0.1) is 44.1 Å². The van der Waals surface area contributed by atoms with Crippen molar-refractivity contribution in [2.45, 2.75) is 0 Å². The van der Waals surface area contributed by atoms with Gasteiger partial charge >= 0.3 is 0 Å². The van der Waals surface area contributed by atoms with Gasteiger partial charge in [0.2, 0.25) is 11.9 Å². The third-order valence-electron chi connectivity index (χ3n) is 19.2. The molecule has 0 aliphatic carbocycles. The zero-order valence-corrected chi connectivity index (χ0v) is 54.0. The predicted molar refractivity (Wildman–Crippen MR) is 410 cm³/mol. The van der Waals surface area contributed by atoms with E-state index in [1.54, 1.807) is 0 Å². The molecule has 0 atom stereocenters. The first-order chi connectivity index (χ1) is 49.6. The molecular formula is C90H58N10. The van der Waals surface area contributed by atoms with Crippen LogP contribution in [0, 0.1) is 0 Å². The highest BCUT2D eigenvalue weighted by molar-refractivity contribution is 6.15. The second-order valence-electron chi connectivity index (χ2n) is 25.0. The lowest BCUT2D eigenvalue weighted by molar-refractivity contribution is 0.953. The Hall–Kier alpha value is -13.7. The molecule has 468 valence electrons. The normalized spacial score (nSPS) is 11.6. The summed E-state index contributed by atoms with van der Waals surface area (Å²) >= 11 is 0. The van der Waals surface area contributed by atoms with Crippen LogP contribution in [0.2, 0.25) is 0 Å². The molecule has 0 amide bonds. The average Bonchev–Trinajstić information content (AvgIpc) is 1.60. The standard InChI is InChI=1S/2C45H29N5/c2*1-4-14-30(15-5-1)43-46-44(31-16-6-2-7-17-31)48-45(47-43)50-40-23-13-11-21-36(40)38-29-33(25-27-42(38)50)32-24-26-41-37(28-32)35-20-10-12-22-39(35)49(41)34-18-8-3-9-19-34/h2*1-29H. The molecule has 0 aliphatic rings. The maximum Gasteiger partial charge on any atom is 0.238 e. The van der Waals surface area contributed by atoms with Crippen molar-refractivity contribution in [2.75, 3.05) is 0 Å². The molecule has 0 aliphatic heterocycles. The van der Waals surface area contributed by atoms with Gasteiger partial charge in [-0.25, -0.2) is 9.97 Å². The van der Waals surface area contributed by atoms with E-state index in [-0.39, 0.29) is 0 Å². The van der Waals surface area contributed by atoms with E-state index in [4.69, 9.17) is 29.9 Å². The second-order valence-corrected chi connectivity index (χ2v) is 25.0. The number of nitrogens with zero attached hydrogens (tertiary/aromatic N) is 10. The van der Waals surface area contributed by atoms with Crippen molar-refractivity contribution in [1.29, 1.82) is 0 Å². The summed E-state index contributed by atoms with van der Waals surface area (Å²) in [4.78, 5) is 30.2. The molecule has 0 spiro atoms. The topological polar surface area (TPSA) is 97.1 Å². The van der Waals surface area contributed by atoms with Gasteiger partial charge in [-0.1, -0.05) is 255 Å². The summed E-state index contributed by atoms with van der Waals surface area (Å²) in [5.74, 6) is 3.73. The summed E-state index contributed by atoms with van der Waals surface area (Å²) in [6.07, 6.45) is 0. The van der Waals surface area contributed by atoms with Crippen molar-refractivity contribution < 1.29 is 0 Å². The van der Waals surface area contributed by atoms with Crippen LogP contribution in [-0.4, -0.2) is 48.2 Å². The fourth-order valence-electron chi connectivity index (χ4n) is 14.5. The largest absolute Gasteiger partial charge is 0.309 e. The molecule has 0 saturated carbocycles. The number of aromatic nitrogens is 10. The molecule has 0 N–H and O–H groups in total. The number of rotatable bonds is 10. The molecule has 100 heavy (non-hydrogen) atoms. The molecule has 0 radical (unpaired) electrons. The highest BCUT2D eigenvalue weighted by Crippen LogP contribution is 2.41. The first-order valence-corrected chi connectivity index (χ1v) is 33.6. The van der Waals surface area contributed by atoms with Gasteiger partial charge in [-0.2, -0.15) is 19.9 Å². The number of fused-ring (bicyclic) bond motifs is 12. The smallest absolute Gasteiger partial charge is 0.238 e. The van der Waals surface area contributed by atoms with Crippen LogP contribution < -0.4 is 0 Å². The Morgan fingerprint density at radius 1 is 0.150 bits per heavy atom. The first-order valence-electron chi connectivity index (χ1n) is 33.6. The van der Waals surface area contributed by atoms with Gasteiger partial charge in [-0.05, 0) is 119 Å². The van der Waals surface area contributed by atoms with Crippen LogP contribution in [0.5, 0.6) is 0 Å². The molecule has 20 aromatic rings. The lowest BCUT2D eigenvalue weighted by atomic mass is 10.0. The lowest BCUT2D eigenvalue weighted by Gasteiger charge is -2.11. The molecule has 6 heterocycles. The Morgan fingerprint density at radius 2 is 0.360 bits per heavy atom. The van der Waals surface area contributed by atoms with Crippen LogP contribution in [0.3, 0.4) is 0 Å². The van der Waals surface area contributed by atoms with E-state index in [2.05, 4.69) is 249 Å². The summed E-state index contributed by atoms with van der Waals surface area (Å²) in [5, 5.41) is 9.53. The quantitative estimate of drug-likeness (QED) is 0.135. The van der Waals surface area contributed by atoms with Crippen LogP contribution in [0.15, 0.2) is 352 Å². The van der Waals surface area contributed by atoms with E-state index >= 15 is 0 Å². The van der Waals surface area contributed by atoms with Crippen LogP contribution >= 0.6 is 0 Å². The molecule has 20 rings (SSSR count). The van der Waals surface area contributed by atoms with Crippen LogP contribution in [0.1, 0.15) is 0 Å². The fraction of sp³-hybridized carbons (Fsp3) is 0. The highest BCUT2D eigenvalue weighted by atomic mass is 15.2. The molecule has 14 aromatic carbocycles. The van der Waals surface area contributed by atoms with Gasteiger partial charge in [0.25, 0.3) is 0 Å². The van der Waals surface area contributed by atoms with Crippen LogP contribution in [0.25, 0.3) is 178 Å². The maximum atomic E-state index is 5.08. The van der Waals surface area contributed by atoms with E-state index < -0.39 is 0 Å². The molecule has 0 fully saturated rings. The third-order valence-corrected chi connectivity index (χ3v) is 19.2. The third kappa shape index (κ3) is 9.96. The van der Waals surface area contributed by atoms with Gasteiger partial charge in [-0.15, -0.1) is 0 Å². The number of benzene rings is 14. The number of hydrogen-bond acceptors (Lipinski definition) is 6. The van der Waals surface area contributed by atoms with E-state index in [1.807, 2.05) is 121 Å². The summed E-state index contributed by atoms with van der Waals surface area (Å²) < 4.78 is 9.05. The fourth-order valence-corrected chi connectivity index (χ4v) is 14.5. The molecule has 10 nitrogen and oxygen atoms in total. The molecular weight excluding hydrogens is 1220 g/mol. The summed E-state index contributed by atoms with van der Waals surface area (Å²) in [5.41, 5.74) is 19.7. The first kappa shape index (κ1) is 57.7. The molecule has 0 bridgehead atoms. The van der Waals surface area contributed by atoms with Crippen molar-refractivity contribution in [2.24, 2.45) is 0 Å². The van der Waals surface area contributed by atoms with Crippen LogP contribution in [0.4, 0.5) is 0 Å². The van der Waals surface area contributed by atoms with Gasteiger partial charge in [0.15, 0.2) is 23.3 Å². The van der Waals surface area contributed by atoms with Crippen molar-refractivity contribution in [1.82, 2.24) is 48.2 Å².